The molecule has 2 fully saturated rings. The molecular formula is C30H29ClF3N5O3. The molecule has 2 atom stereocenters. The number of amides is 3. The van der Waals surface area contributed by atoms with Gasteiger partial charge in [-0.3, -0.25) is 29.2 Å². The SMILES string of the molecule is O=C(NC1CCC(F)(F)CC1)[C@H](c1ccccc1Cl)N(C(=O)C[C@@H]1CCC(=O)N1c1cnccn1)c1cccc(F)c1. The lowest BCUT2D eigenvalue weighted by molar-refractivity contribution is -0.128. The van der Waals surface area contributed by atoms with E-state index in [9.17, 15) is 27.6 Å². The van der Waals surface area contributed by atoms with Gasteiger partial charge in [-0.05, 0) is 43.5 Å². The van der Waals surface area contributed by atoms with Gasteiger partial charge in [-0.15, -0.1) is 0 Å². The van der Waals surface area contributed by atoms with Crippen molar-refractivity contribution in [2.24, 2.45) is 0 Å². The third-order valence-electron chi connectivity index (χ3n) is 7.66. The van der Waals surface area contributed by atoms with E-state index < -0.39 is 41.7 Å². The Balaban J connectivity index is 1.51. The van der Waals surface area contributed by atoms with Gasteiger partial charge in [0.05, 0.1) is 6.20 Å². The third-order valence-corrected chi connectivity index (χ3v) is 8.00. The molecule has 2 heterocycles. The molecule has 1 aromatic heterocycles. The zero-order valence-electron chi connectivity index (χ0n) is 22.6. The minimum Gasteiger partial charge on any atom is -0.351 e. The average Bonchev–Trinajstić information content (AvgIpc) is 3.33. The van der Waals surface area contributed by atoms with Crippen LogP contribution in [0.2, 0.25) is 5.02 Å². The predicted octanol–water partition coefficient (Wildman–Crippen LogP) is 5.62. The second-order valence-corrected chi connectivity index (χ2v) is 10.9. The molecule has 1 saturated heterocycles. The first-order valence-electron chi connectivity index (χ1n) is 13.7. The van der Waals surface area contributed by atoms with E-state index in [2.05, 4.69) is 15.3 Å². The van der Waals surface area contributed by atoms with Crippen LogP contribution in [0.5, 0.6) is 0 Å². The second-order valence-electron chi connectivity index (χ2n) is 10.5. The van der Waals surface area contributed by atoms with Crippen molar-refractivity contribution in [2.75, 3.05) is 9.80 Å². The van der Waals surface area contributed by atoms with Crippen molar-refractivity contribution in [3.63, 3.8) is 0 Å². The van der Waals surface area contributed by atoms with Crippen molar-refractivity contribution in [3.8, 4) is 0 Å². The number of alkyl halides is 2. The maximum Gasteiger partial charge on any atom is 0.248 e. The quantitative estimate of drug-likeness (QED) is 0.362. The molecule has 1 aliphatic carbocycles. The number of carbonyl (C=O) groups is 3. The van der Waals surface area contributed by atoms with Crippen LogP contribution in [-0.4, -0.2) is 45.7 Å². The molecule has 1 aliphatic heterocycles. The lowest BCUT2D eigenvalue weighted by Crippen LogP contribution is -2.49. The number of nitrogens with one attached hydrogen (secondary N) is 1. The molecule has 220 valence electrons. The Hall–Kier alpha value is -3.99. The highest BCUT2D eigenvalue weighted by atomic mass is 35.5. The Morgan fingerprint density at radius 3 is 2.55 bits per heavy atom. The van der Waals surface area contributed by atoms with Crippen molar-refractivity contribution in [1.29, 1.82) is 0 Å². The van der Waals surface area contributed by atoms with Gasteiger partial charge in [-0.2, -0.15) is 0 Å². The molecule has 0 spiro atoms. The number of hydrogen-bond donors (Lipinski definition) is 1. The highest BCUT2D eigenvalue weighted by Crippen LogP contribution is 2.37. The van der Waals surface area contributed by atoms with Gasteiger partial charge < -0.3 is 5.32 Å². The molecule has 0 radical (unpaired) electrons. The minimum absolute atomic E-state index is 0.0686. The van der Waals surface area contributed by atoms with Gasteiger partial charge in [-0.25, -0.2) is 18.2 Å². The summed E-state index contributed by atoms with van der Waals surface area (Å²) >= 11 is 6.54. The zero-order valence-corrected chi connectivity index (χ0v) is 23.3. The first-order valence-corrected chi connectivity index (χ1v) is 14.1. The molecule has 3 aromatic rings. The number of anilines is 2. The Morgan fingerprint density at radius 2 is 1.86 bits per heavy atom. The number of nitrogens with zero attached hydrogens (tertiary/aromatic N) is 4. The van der Waals surface area contributed by atoms with E-state index in [1.807, 2.05) is 0 Å². The number of rotatable bonds is 8. The largest absolute Gasteiger partial charge is 0.351 e. The second kappa shape index (κ2) is 12.5. The van der Waals surface area contributed by atoms with Gasteiger partial charge in [0.2, 0.25) is 23.6 Å². The van der Waals surface area contributed by atoms with E-state index in [1.165, 1.54) is 46.6 Å². The minimum atomic E-state index is -2.79. The summed E-state index contributed by atoms with van der Waals surface area (Å²) in [5.41, 5.74) is 0.384. The summed E-state index contributed by atoms with van der Waals surface area (Å²) in [6.07, 6.45) is 4.09. The topological polar surface area (TPSA) is 95.5 Å². The normalized spacial score (nSPS) is 19.4. The van der Waals surface area contributed by atoms with Crippen LogP contribution in [0.4, 0.5) is 24.7 Å². The smallest absolute Gasteiger partial charge is 0.248 e. The van der Waals surface area contributed by atoms with Crippen molar-refractivity contribution in [2.45, 2.75) is 69.0 Å². The number of benzene rings is 2. The summed E-state index contributed by atoms with van der Waals surface area (Å²) in [5, 5.41) is 3.03. The van der Waals surface area contributed by atoms with Gasteiger partial charge in [0.15, 0.2) is 5.82 Å². The molecule has 0 unspecified atom stereocenters. The maximum atomic E-state index is 14.5. The van der Waals surface area contributed by atoms with Gasteiger partial charge in [0.25, 0.3) is 0 Å². The van der Waals surface area contributed by atoms with Gasteiger partial charge in [0.1, 0.15) is 11.9 Å². The molecule has 2 aromatic carbocycles. The van der Waals surface area contributed by atoms with Crippen LogP contribution in [0.1, 0.15) is 56.6 Å². The van der Waals surface area contributed by atoms with Crippen LogP contribution < -0.4 is 15.1 Å². The van der Waals surface area contributed by atoms with E-state index in [0.717, 1.165) is 6.07 Å². The first-order chi connectivity index (χ1) is 20.1. The standard InChI is InChI=1S/C30H29ClF3N5O3/c31-24-7-2-1-6-23(24)28(29(42)37-20-10-12-30(33,34)13-11-20)39(21-5-3-4-19(32)16-21)27(41)17-22-8-9-26(40)38(22)25-18-35-14-15-36-25/h1-7,14-16,18,20,22,28H,8-13,17H2,(H,37,42)/t22-,28-/m0/s1. The number of carbonyl (C=O) groups excluding carboxylic acids is 3. The lowest BCUT2D eigenvalue weighted by Gasteiger charge is -2.35. The predicted molar refractivity (Wildman–Crippen MR) is 151 cm³/mol. The van der Waals surface area contributed by atoms with Gasteiger partial charge >= 0.3 is 0 Å². The summed E-state index contributed by atoms with van der Waals surface area (Å²) in [5.74, 6) is -4.55. The van der Waals surface area contributed by atoms with Crippen LogP contribution in [0, 0.1) is 5.82 Å². The van der Waals surface area contributed by atoms with Crippen LogP contribution >= 0.6 is 11.6 Å². The molecule has 8 nitrogen and oxygen atoms in total. The first kappa shape index (κ1) is 29.5. The van der Waals surface area contributed by atoms with E-state index in [0.29, 0.717) is 12.2 Å². The molecule has 1 N–H and O–H groups in total. The Labute approximate surface area is 245 Å². The van der Waals surface area contributed by atoms with Gasteiger partial charge in [-0.1, -0.05) is 35.9 Å². The van der Waals surface area contributed by atoms with Crippen LogP contribution in [-0.2, 0) is 14.4 Å². The monoisotopic (exact) mass is 599 g/mol. The molecular weight excluding hydrogens is 571 g/mol. The highest BCUT2D eigenvalue weighted by Gasteiger charge is 2.41. The van der Waals surface area contributed by atoms with Crippen LogP contribution in [0.3, 0.4) is 0 Å². The van der Waals surface area contributed by atoms with Crippen LogP contribution in [0.15, 0.2) is 67.1 Å². The summed E-state index contributed by atoms with van der Waals surface area (Å²) < 4.78 is 42.1. The molecule has 3 amide bonds. The number of hydrogen-bond acceptors (Lipinski definition) is 5. The number of halogens is 4. The highest BCUT2D eigenvalue weighted by molar-refractivity contribution is 6.31. The third kappa shape index (κ3) is 6.56. The maximum absolute atomic E-state index is 14.5. The fourth-order valence-electron chi connectivity index (χ4n) is 5.59. The Kier molecular flexibility index (Phi) is 8.77. The molecule has 42 heavy (non-hydrogen) atoms. The van der Waals surface area contributed by atoms with E-state index in [4.69, 9.17) is 11.6 Å². The fourth-order valence-corrected chi connectivity index (χ4v) is 5.83. The summed E-state index contributed by atoms with van der Waals surface area (Å²) in [7, 11) is 0. The molecule has 12 heteroatoms. The lowest BCUT2D eigenvalue weighted by atomic mass is 9.91. The fraction of sp³-hybridized carbons (Fsp3) is 0.367. The van der Waals surface area contributed by atoms with Gasteiger partial charge in [0, 0.05) is 66.4 Å². The summed E-state index contributed by atoms with van der Waals surface area (Å²) in [4.78, 5) is 51.8. The Morgan fingerprint density at radius 1 is 1.10 bits per heavy atom. The molecule has 2 aliphatic rings. The van der Waals surface area contributed by atoms with E-state index >= 15 is 0 Å². The van der Waals surface area contributed by atoms with Crippen molar-refractivity contribution in [1.82, 2.24) is 15.3 Å². The average molecular weight is 600 g/mol. The van der Waals surface area contributed by atoms with Crippen molar-refractivity contribution >= 4 is 40.8 Å². The number of aromatic nitrogens is 2. The Bertz CT molecular complexity index is 1450. The van der Waals surface area contributed by atoms with Crippen molar-refractivity contribution < 1.29 is 27.6 Å². The van der Waals surface area contributed by atoms with E-state index in [1.54, 1.807) is 24.3 Å². The molecule has 0 bridgehead atoms. The zero-order chi connectivity index (χ0) is 29.9. The molecule has 1 saturated carbocycles. The summed E-state index contributed by atoms with van der Waals surface area (Å²) in [6.45, 7) is 0. The summed E-state index contributed by atoms with van der Waals surface area (Å²) in [6, 6.07) is 9.27. The van der Waals surface area contributed by atoms with Crippen molar-refractivity contribution in [3.05, 3.63) is 83.5 Å². The van der Waals surface area contributed by atoms with E-state index in [-0.39, 0.29) is 60.7 Å². The van der Waals surface area contributed by atoms with Crippen LogP contribution in [0.25, 0.3) is 0 Å². The molecule has 5 rings (SSSR count).